The van der Waals surface area contributed by atoms with Crippen LogP contribution in [0.4, 0.5) is 0 Å². The van der Waals surface area contributed by atoms with Gasteiger partial charge in [0.15, 0.2) is 0 Å². The lowest BCUT2D eigenvalue weighted by molar-refractivity contribution is -0.0450. The molecule has 88 valence electrons. The standard InChI is InChI=1S/C12H23NO2/c1-9-7-13(8-10(2)12(9)14)11-3-5-15-6-4-11/h9-12,14H,3-8H2,1-2H3. The molecule has 0 amide bonds. The molecule has 0 bridgehead atoms. The molecule has 2 fully saturated rings. The maximum atomic E-state index is 9.91. The zero-order chi connectivity index (χ0) is 10.8. The number of aliphatic hydroxyl groups excluding tert-OH is 1. The normalized spacial score (nSPS) is 40.6. The molecule has 1 N–H and O–H groups in total. The highest BCUT2D eigenvalue weighted by Gasteiger charge is 2.33. The van der Waals surface area contributed by atoms with Gasteiger partial charge in [0.25, 0.3) is 0 Å². The number of aliphatic hydroxyl groups is 1. The lowest BCUT2D eigenvalue weighted by Gasteiger charge is -2.43. The highest BCUT2D eigenvalue weighted by atomic mass is 16.5. The van der Waals surface area contributed by atoms with Crippen molar-refractivity contribution in [3.8, 4) is 0 Å². The Hall–Kier alpha value is -0.120. The Morgan fingerprint density at radius 1 is 1.07 bits per heavy atom. The zero-order valence-corrected chi connectivity index (χ0v) is 9.85. The van der Waals surface area contributed by atoms with E-state index in [9.17, 15) is 5.11 Å². The first-order chi connectivity index (χ1) is 7.18. The van der Waals surface area contributed by atoms with E-state index in [-0.39, 0.29) is 6.10 Å². The van der Waals surface area contributed by atoms with Gasteiger partial charge < -0.3 is 9.84 Å². The third kappa shape index (κ3) is 2.52. The molecular formula is C12H23NO2. The third-order valence-corrected chi connectivity index (χ3v) is 3.92. The highest BCUT2D eigenvalue weighted by molar-refractivity contribution is 4.86. The zero-order valence-electron chi connectivity index (χ0n) is 9.85. The van der Waals surface area contributed by atoms with Crippen LogP contribution < -0.4 is 0 Å². The minimum Gasteiger partial charge on any atom is -0.392 e. The van der Waals surface area contributed by atoms with E-state index in [1.54, 1.807) is 0 Å². The number of piperidine rings is 1. The fourth-order valence-corrected chi connectivity index (χ4v) is 2.94. The summed E-state index contributed by atoms with van der Waals surface area (Å²) in [4.78, 5) is 2.56. The summed E-state index contributed by atoms with van der Waals surface area (Å²) in [7, 11) is 0. The number of hydrogen-bond donors (Lipinski definition) is 1. The van der Waals surface area contributed by atoms with Crippen LogP contribution in [0.1, 0.15) is 26.7 Å². The first-order valence-electron chi connectivity index (χ1n) is 6.18. The highest BCUT2D eigenvalue weighted by Crippen LogP contribution is 2.26. The van der Waals surface area contributed by atoms with Gasteiger partial charge in [-0.2, -0.15) is 0 Å². The van der Waals surface area contributed by atoms with E-state index < -0.39 is 0 Å². The van der Waals surface area contributed by atoms with Crippen molar-refractivity contribution < 1.29 is 9.84 Å². The first kappa shape index (κ1) is 11.4. The van der Waals surface area contributed by atoms with Crippen molar-refractivity contribution in [2.45, 2.75) is 38.8 Å². The van der Waals surface area contributed by atoms with Gasteiger partial charge in [0.1, 0.15) is 0 Å². The molecule has 2 rings (SSSR count). The van der Waals surface area contributed by atoms with Crippen LogP contribution in [0.15, 0.2) is 0 Å². The Balaban J connectivity index is 1.92. The number of nitrogens with zero attached hydrogens (tertiary/aromatic N) is 1. The molecule has 0 spiro atoms. The third-order valence-electron chi connectivity index (χ3n) is 3.92. The molecule has 0 aromatic heterocycles. The quantitative estimate of drug-likeness (QED) is 0.708. The summed E-state index contributed by atoms with van der Waals surface area (Å²) in [6, 6.07) is 0.691. The van der Waals surface area contributed by atoms with E-state index in [0.29, 0.717) is 17.9 Å². The van der Waals surface area contributed by atoms with Gasteiger partial charge in [0.2, 0.25) is 0 Å². The molecule has 2 heterocycles. The van der Waals surface area contributed by atoms with Crippen LogP contribution in [0, 0.1) is 11.8 Å². The molecule has 2 atom stereocenters. The first-order valence-corrected chi connectivity index (χ1v) is 6.18. The average Bonchev–Trinajstić information content (AvgIpc) is 2.26. The Kier molecular flexibility index (Phi) is 3.65. The Morgan fingerprint density at radius 2 is 1.60 bits per heavy atom. The largest absolute Gasteiger partial charge is 0.392 e. The van der Waals surface area contributed by atoms with Gasteiger partial charge in [0.05, 0.1) is 6.10 Å². The summed E-state index contributed by atoms with van der Waals surface area (Å²) < 4.78 is 5.39. The van der Waals surface area contributed by atoms with E-state index in [2.05, 4.69) is 18.7 Å². The molecular weight excluding hydrogens is 190 g/mol. The van der Waals surface area contributed by atoms with E-state index in [1.807, 2.05) is 0 Å². The van der Waals surface area contributed by atoms with Crippen LogP contribution >= 0.6 is 0 Å². The molecule has 3 nitrogen and oxygen atoms in total. The van der Waals surface area contributed by atoms with E-state index in [0.717, 1.165) is 39.1 Å². The van der Waals surface area contributed by atoms with E-state index in [4.69, 9.17) is 4.74 Å². The summed E-state index contributed by atoms with van der Waals surface area (Å²) in [5, 5.41) is 9.91. The SMILES string of the molecule is CC1CN(C2CCOCC2)CC(C)C1O. The second kappa shape index (κ2) is 4.81. The molecule has 15 heavy (non-hydrogen) atoms. The lowest BCUT2D eigenvalue weighted by Crippen LogP contribution is -2.52. The van der Waals surface area contributed by atoms with Crippen LogP contribution in [-0.2, 0) is 4.74 Å². The Labute approximate surface area is 92.4 Å². The number of rotatable bonds is 1. The van der Waals surface area contributed by atoms with Crippen LogP contribution in [0.2, 0.25) is 0 Å². The molecule has 3 heteroatoms. The number of likely N-dealkylation sites (tertiary alicyclic amines) is 1. The second-order valence-corrected chi connectivity index (χ2v) is 5.24. The van der Waals surface area contributed by atoms with Crippen molar-refractivity contribution >= 4 is 0 Å². The van der Waals surface area contributed by atoms with Gasteiger partial charge in [0, 0.05) is 32.3 Å². The predicted octanol–water partition coefficient (Wildman–Crippen LogP) is 1.11. The maximum absolute atomic E-state index is 9.91. The van der Waals surface area contributed by atoms with Crippen LogP contribution in [0.5, 0.6) is 0 Å². The van der Waals surface area contributed by atoms with Crippen LogP contribution in [0.25, 0.3) is 0 Å². The molecule has 0 radical (unpaired) electrons. The molecule has 2 unspecified atom stereocenters. The van der Waals surface area contributed by atoms with Gasteiger partial charge in [-0.1, -0.05) is 13.8 Å². The van der Waals surface area contributed by atoms with Gasteiger partial charge in [-0.3, -0.25) is 4.90 Å². The van der Waals surface area contributed by atoms with Crippen LogP contribution in [0.3, 0.4) is 0 Å². The minimum atomic E-state index is -0.110. The maximum Gasteiger partial charge on any atom is 0.0615 e. The summed E-state index contributed by atoms with van der Waals surface area (Å²) >= 11 is 0. The summed E-state index contributed by atoms with van der Waals surface area (Å²) in [5.74, 6) is 0.827. The predicted molar refractivity (Wildman–Crippen MR) is 59.7 cm³/mol. The average molecular weight is 213 g/mol. The fraction of sp³-hybridized carbons (Fsp3) is 1.00. The van der Waals surface area contributed by atoms with Crippen molar-refractivity contribution in [2.75, 3.05) is 26.3 Å². The number of ether oxygens (including phenoxy) is 1. The number of hydrogen-bond acceptors (Lipinski definition) is 3. The molecule has 2 aliphatic heterocycles. The van der Waals surface area contributed by atoms with Gasteiger partial charge in [-0.15, -0.1) is 0 Å². The van der Waals surface area contributed by atoms with Gasteiger partial charge in [-0.25, -0.2) is 0 Å². The molecule has 0 saturated carbocycles. The van der Waals surface area contributed by atoms with Crippen molar-refractivity contribution in [3.05, 3.63) is 0 Å². The van der Waals surface area contributed by atoms with Gasteiger partial charge in [-0.05, 0) is 24.7 Å². The van der Waals surface area contributed by atoms with Crippen molar-refractivity contribution in [1.29, 1.82) is 0 Å². The Morgan fingerprint density at radius 3 is 2.13 bits per heavy atom. The Bertz CT molecular complexity index is 192. The second-order valence-electron chi connectivity index (χ2n) is 5.24. The molecule has 2 aliphatic rings. The van der Waals surface area contributed by atoms with Crippen molar-refractivity contribution in [1.82, 2.24) is 4.90 Å². The lowest BCUT2D eigenvalue weighted by atomic mass is 9.87. The minimum absolute atomic E-state index is 0.110. The van der Waals surface area contributed by atoms with Crippen LogP contribution in [-0.4, -0.2) is 48.5 Å². The van der Waals surface area contributed by atoms with Crippen molar-refractivity contribution in [3.63, 3.8) is 0 Å². The van der Waals surface area contributed by atoms with E-state index >= 15 is 0 Å². The molecule has 0 aliphatic carbocycles. The van der Waals surface area contributed by atoms with E-state index in [1.165, 1.54) is 0 Å². The summed E-state index contributed by atoms with van der Waals surface area (Å²) in [6.45, 7) is 8.24. The molecule has 2 saturated heterocycles. The summed E-state index contributed by atoms with van der Waals surface area (Å²) in [6.07, 6.45) is 2.21. The monoisotopic (exact) mass is 213 g/mol. The van der Waals surface area contributed by atoms with Gasteiger partial charge >= 0.3 is 0 Å². The van der Waals surface area contributed by atoms with Crippen molar-refractivity contribution in [2.24, 2.45) is 11.8 Å². The smallest absolute Gasteiger partial charge is 0.0615 e. The fourth-order valence-electron chi connectivity index (χ4n) is 2.94. The summed E-state index contributed by atoms with van der Waals surface area (Å²) in [5.41, 5.74) is 0. The topological polar surface area (TPSA) is 32.7 Å². The molecule has 0 aromatic rings. The molecule has 0 aromatic carbocycles.